The Labute approximate surface area is 139 Å². The number of carboxylic acid groups (broad SMARTS) is 1. The van der Waals surface area contributed by atoms with Gasteiger partial charge in [0.2, 0.25) is 0 Å². The summed E-state index contributed by atoms with van der Waals surface area (Å²) in [4.78, 5) is 24.7. The maximum atomic E-state index is 12.6. The van der Waals surface area contributed by atoms with Crippen molar-refractivity contribution in [2.24, 2.45) is 0 Å². The Morgan fingerprint density at radius 3 is 2.65 bits per heavy atom. The Bertz CT molecular complexity index is 727. The monoisotopic (exact) mass is 335 g/mol. The molecule has 7 heteroatoms. The third-order valence-electron chi connectivity index (χ3n) is 3.46. The summed E-state index contributed by atoms with van der Waals surface area (Å²) in [6, 6.07) is 7.22. The maximum absolute atomic E-state index is 12.6. The predicted molar refractivity (Wildman–Crippen MR) is 87.1 cm³/mol. The van der Waals surface area contributed by atoms with Gasteiger partial charge >= 0.3 is 5.97 Å². The van der Waals surface area contributed by atoms with E-state index in [1.165, 1.54) is 4.90 Å². The molecule has 0 atom stereocenters. The number of aryl methyl sites for hydroxylation is 1. The highest BCUT2D eigenvalue weighted by Crippen LogP contribution is 2.21. The van der Waals surface area contributed by atoms with Gasteiger partial charge < -0.3 is 10.0 Å². The van der Waals surface area contributed by atoms with Crippen molar-refractivity contribution in [3.8, 4) is 5.69 Å². The lowest BCUT2D eigenvalue weighted by atomic mass is 10.2. The number of amides is 1. The van der Waals surface area contributed by atoms with Crippen LogP contribution >= 0.6 is 11.6 Å². The van der Waals surface area contributed by atoms with Crippen LogP contribution in [0.15, 0.2) is 30.5 Å². The summed E-state index contributed by atoms with van der Waals surface area (Å²) in [5.74, 6) is -1.22. The van der Waals surface area contributed by atoms with E-state index in [1.807, 2.05) is 18.2 Å². The highest BCUT2D eigenvalue weighted by molar-refractivity contribution is 6.32. The third-order valence-corrected chi connectivity index (χ3v) is 3.78. The number of para-hydroxylation sites is 1. The molecule has 0 saturated carbocycles. The van der Waals surface area contributed by atoms with Gasteiger partial charge in [0.15, 0.2) is 5.69 Å². The minimum atomic E-state index is -0.936. The first-order chi connectivity index (χ1) is 10.9. The molecule has 0 aliphatic rings. The molecular weight excluding hydrogens is 318 g/mol. The predicted octanol–water partition coefficient (Wildman–Crippen LogP) is 2.77. The highest BCUT2D eigenvalue weighted by Gasteiger charge is 2.21. The van der Waals surface area contributed by atoms with Crippen LogP contribution in [0.25, 0.3) is 5.69 Å². The molecule has 0 radical (unpaired) electrons. The van der Waals surface area contributed by atoms with Gasteiger partial charge in [-0.3, -0.25) is 9.59 Å². The van der Waals surface area contributed by atoms with E-state index in [1.54, 1.807) is 30.8 Å². The first-order valence-electron chi connectivity index (χ1n) is 7.26. The summed E-state index contributed by atoms with van der Waals surface area (Å²) in [6.07, 6.45) is 1.64. The molecule has 0 aliphatic carbocycles. The number of rotatable bonds is 6. The van der Waals surface area contributed by atoms with Crippen LogP contribution in [0.4, 0.5) is 0 Å². The van der Waals surface area contributed by atoms with Gasteiger partial charge in [0, 0.05) is 24.8 Å². The molecule has 6 nitrogen and oxygen atoms in total. The molecule has 0 fully saturated rings. The highest BCUT2D eigenvalue weighted by atomic mass is 35.5. The molecule has 0 spiro atoms. The number of carbonyl (C=O) groups excluding carboxylic acids is 1. The maximum Gasteiger partial charge on any atom is 0.305 e. The number of nitrogens with zero attached hydrogens (tertiary/aromatic N) is 3. The number of aliphatic carboxylic acids is 1. The summed E-state index contributed by atoms with van der Waals surface area (Å²) in [5.41, 5.74) is 1.70. The minimum absolute atomic E-state index is 0.0934. The van der Waals surface area contributed by atoms with E-state index < -0.39 is 5.97 Å². The molecule has 0 saturated heterocycles. The number of benzene rings is 1. The van der Waals surface area contributed by atoms with Crippen molar-refractivity contribution in [2.75, 3.05) is 13.1 Å². The van der Waals surface area contributed by atoms with Crippen molar-refractivity contribution in [1.82, 2.24) is 14.7 Å². The second kappa shape index (κ2) is 7.28. The van der Waals surface area contributed by atoms with Crippen molar-refractivity contribution in [1.29, 1.82) is 0 Å². The molecule has 2 rings (SSSR count). The molecule has 0 bridgehead atoms. The lowest BCUT2D eigenvalue weighted by molar-refractivity contribution is -0.137. The Morgan fingerprint density at radius 1 is 1.35 bits per heavy atom. The van der Waals surface area contributed by atoms with E-state index >= 15 is 0 Å². The summed E-state index contributed by atoms with van der Waals surface area (Å²) < 4.78 is 1.57. The topological polar surface area (TPSA) is 75.4 Å². The molecule has 1 amide bonds. The Hall–Kier alpha value is -2.34. The standard InChI is InChI=1S/C16H18ClN3O3/c1-3-19(9-8-14(21)22)16(23)15-11(2)10-20(18-15)13-7-5-4-6-12(13)17/h4-7,10H,3,8-9H2,1-2H3,(H,21,22). The molecule has 122 valence electrons. The number of carboxylic acids is 1. The fourth-order valence-electron chi connectivity index (χ4n) is 2.22. The molecule has 2 aromatic rings. The molecule has 1 heterocycles. The quantitative estimate of drug-likeness (QED) is 0.880. The van der Waals surface area contributed by atoms with Gasteiger partial charge in [-0.05, 0) is 26.0 Å². The number of halogens is 1. The fraction of sp³-hybridized carbons (Fsp3) is 0.312. The number of carbonyl (C=O) groups is 2. The Kier molecular flexibility index (Phi) is 5.39. The van der Waals surface area contributed by atoms with E-state index in [0.29, 0.717) is 28.5 Å². The molecular formula is C16H18ClN3O3. The van der Waals surface area contributed by atoms with Crippen LogP contribution in [0.5, 0.6) is 0 Å². The van der Waals surface area contributed by atoms with E-state index in [9.17, 15) is 9.59 Å². The second-order valence-electron chi connectivity index (χ2n) is 5.09. The molecule has 1 N–H and O–H groups in total. The van der Waals surface area contributed by atoms with Crippen molar-refractivity contribution in [3.63, 3.8) is 0 Å². The summed E-state index contributed by atoms with van der Waals surface area (Å²) in [6.45, 7) is 4.17. The van der Waals surface area contributed by atoms with Crippen LogP contribution in [0.1, 0.15) is 29.4 Å². The minimum Gasteiger partial charge on any atom is -0.481 e. The average molecular weight is 336 g/mol. The van der Waals surface area contributed by atoms with Crippen LogP contribution in [0, 0.1) is 6.92 Å². The van der Waals surface area contributed by atoms with Gasteiger partial charge in [-0.1, -0.05) is 23.7 Å². The zero-order valence-electron chi connectivity index (χ0n) is 13.0. The largest absolute Gasteiger partial charge is 0.481 e. The normalized spacial score (nSPS) is 10.6. The first-order valence-corrected chi connectivity index (χ1v) is 7.64. The van der Waals surface area contributed by atoms with Gasteiger partial charge in [-0.15, -0.1) is 0 Å². The van der Waals surface area contributed by atoms with Gasteiger partial charge in [0.25, 0.3) is 5.91 Å². The van der Waals surface area contributed by atoms with E-state index in [2.05, 4.69) is 5.10 Å². The van der Waals surface area contributed by atoms with E-state index in [4.69, 9.17) is 16.7 Å². The molecule has 23 heavy (non-hydrogen) atoms. The Morgan fingerprint density at radius 2 is 2.04 bits per heavy atom. The van der Waals surface area contributed by atoms with E-state index in [0.717, 1.165) is 0 Å². The van der Waals surface area contributed by atoms with Gasteiger partial charge in [-0.2, -0.15) is 5.10 Å². The number of aromatic nitrogens is 2. The van der Waals surface area contributed by atoms with Crippen LogP contribution < -0.4 is 0 Å². The van der Waals surface area contributed by atoms with Crippen molar-refractivity contribution in [3.05, 3.63) is 46.7 Å². The zero-order chi connectivity index (χ0) is 17.0. The summed E-state index contributed by atoms with van der Waals surface area (Å²) in [7, 11) is 0. The SMILES string of the molecule is CCN(CCC(=O)O)C(=O)c1nn(-c2ccccc2Cl)cc1C. The van der Waals surface area contributed by atoms with Crippen LogP contribution in [0.2, 0.25) is 5.02 Å². The average Bonchev–Trinajstić information content (AvgIpc) is 2.89. The van der Waals surface area contributed by atoms with Crippen LogP contribution in [-0.2, 0) is 4.79 Å². The third kappa shape index (κ3) is 3.90. The summed E-state index contributed by atoms with van der Waals surface area (Å²) >= 11 is 6.15. The fourth-order valence-corrected chi connectivity index (χ4v) is 2.44. The number of hydrogen-bond acceptors (Lipinski definition) is 3. The van der Waals surface area contributed by atoms with Crippen LogP contribution in [0.3, 0.4) is 0 Å². The Balaban J connectivity index is 2.28. The molecule has 0 aliphatic heterocycles. The first kappa shape index (κ1) is 17.0. The lowest BCUT2D eigenvalue weighted by Crippen LogP contribution is -2.33. The lowest BCUT2D eigenvalue weighted by Gasteiger charge is -2.19. The molecule has 1 aromatic carbocycles. The van der Waals surface area contributed by atoms with Crippen LogP contribution in [-0.4, -0.2) is 44.8 Å². The van der Waals surface area contributed by atoms with Crippen molar-refractivity contribution >= 4 is 23.5 Å². The van der Waals surface area contributed by atoms with Gasteiger partial charge in [0.05, 0.1) is 17.1 Å². The van der Waals surface area contributed by atoms with Gasteiger partial charge in [-0.25, -0.2) is 4.68 Å². The van der Waals surface area contributed by atoms with E-state index in [-0.39, 0.29) is 18.9 Å². The smallest absolute Gasteiger partial charge is 0.305 e. The van der Waals surface area contributed by atoms with Gasteiger partial charge in [0.1, 0.15) is 0 Å². The molecule has 1 aromatic heterocycles. The van der Waals surface area contributed by atoms with Crippen molar-refractivity contribution in [2.45, 2.75) is 20.3 Å². The summed E-state index contributed by atoms with van der Waals surface area (Å²) in [5, 5.41) is 13.6. The zero-order valence-corrected chi connectivity index (χ0v) is 13.7. The second-order valence-corrected chi connectivity index (χ2v) is 5.49. The molecule has 0 unspecified atom stereocenters. The number of hydrogen-bond donors (Lipinski definition) is 1. The van der Waals surface area contributed by atoms with Crippen molar-refractivity contribution < 1.29 is 14.7 Å².